The Bertz CT molecular complexity index is 1030. The standard InChI is InChI=1S/C24H26N2O5S/c27-17-3-6-21(22(28)11-17)26-13-19-20(24(26)29)15-32-23(19)14-31-18-4-1-16(2-5-18)12-25-7-9-30-10-8-25/h1-2,4-5,15,21H,3,6-14H2/t21-/m0/s1. The Morgan fingerprint density at radius 1 is 1.09 bits per heavy atom. The van der Waals surface area contributed by atoms with E-state index in [1.165, 1.54) is 16.9 Å². The molecule has 1 aromatic carbocycles. The van der Waals surface area contributed by atoms with Gasteiger partial charge in [-0.1, -0.05) is 12.1 Å². The van der Waals surface area contributed by atoms with Crippen LogP contribution in [0.4, 0.5) is 0 Å². The molecule has 2 aromatic rings. The molecule has 1 atom stereocenters. The topological polar surface area (TPSA) is 76.2 Å². The van der Waals surface area contributed by atoms with Crippen molar-refractivity contribution in [2.45, 2.75) is 45.0 Å². The van der Waals surface area contributed by atoms with Crippen molar-refractivity contribution in [1.82, 2.24) is 9.80 Å². The van der Waals surface area contributed by atoms with E-state index in [-0.39, 0.29) is 23.9 Å². The number of hydrogen-bond acceptors (Lipinski definition) is 7. The van der Waals surface area contributed by atoms with Crippen molar-refractivity contribution in [3.63, 3.8) is 0 Å². The summed E-state index contributed by atoms with van der Waals surface area (Å²) >= 11 is 1.52. The molecule has 2 fully saturated rings. The Morgan fingerprint density at radius 3 is 2.62 bits per heavy atom. The van der Waals surface area contributed by atoms with Gasteiger partial charge in [0, 0.05) is 48.4 Å². The van der Waals surface area contributed by atoms with E-state index >= 15 is 0 Å². The number of nitrogens with zero attached hydrogens (tertiary/aromatic N) is 2. The van der Waals surface area contributed by atoms with Crippen LogP contribution in [0.1, 0.15) is 45.6 Å². The van der Waals surface area contributed by atoms with Gasteiger partial charge in [-0.05, 0) is 24.1 Å². The lowest BCUT2D eigenvalue weighted by Gasteiger charge is -2.29. The molecule has 1 saturated heterocycles. The third-order valence-corrected chi connectivity index (χ3v) is 7.42. The van der Waals surface area contributed by atoms with E-state index in [0.717, 1.165) is 49.0 Å². The molecular formula is C24H26N2O5S. The predicted octanol–water partition coefficient (Wildman–Crippen LogP) is 2.81. The molecule has 8 heteroatoms. The second-order valence-corrected chi connectivity index (χ2v) is 9.51. The minimum absolute atomic E-state index is 0.0304. The molecule has 1 aromatic heterocycles. The number of carbonyl (C=O) groups excluding carboxylic acids is 3. The lowest BCUT2D eigenvalue weighted by atomic mass is 9.92. The number of fused-ring (bicyclic) bond motifs is 1. The highest BCUT2D eigenvalue weighted by atomic mass is 32.1. The molecule has 1 aliphatic carbocycles. The van der Waals surface area contributed by atoms with Gasteiger partial charge in [0.1, 0.15) is 18.1 Å². The van der Waals surface area contributed by atoms with Crippen molar-refractivity contribution < 1.29 is 23.9 Å². The van der Waals surface area contributed by atoms with Gasteiger partial charge in [0.2, 0.25) is 0 Å². The zero-order chi connectivity index (χ0) is 22.1. The van der Waals surface area contributed by atoms with E-state index in [1.807, 2.05) is 17.5 Å². The van der Waals surface area contributed by atoms with Gasteiger partial charge in [0.15, 0.2) is 5.78 Å². The zero-order valence-electron chi connectivity index (χ0n) is 17.9. The molecule has 3 heterocycles. The maximum Gasteiger partial charge on any atom is 0.255 e. The maximum atomic E-state index is 12.9. The highest BCUT2D eigenvalue weighted by molar-refractivity contribution is 7.10. The van der Waals surface area contributed by atoms with Crippen LogP contribution in [0.25, 0.3) is 0 Å². The van der Waals surface area contributed by atoms with E-state index in [2.05, 4.69) is 17.0 Å². The quantitative estimate of drug-likeness (QED) is 0.625. The summed E-state index contributed by atoms with van der Waals surface area (Å²) < 4.78 is 11.4. The number of amides is 1. The van der Waals surface area contributed by atoms with Gasteiger partial charge >= 0.3 is 0 Å². The normalized spacial score (nSPS) is 21.8. The number of morpholine rings is 1. The summed E-state index contributed by atoms with van der Waals surface area (Å²) in [6.45, 7) is 5.21. The Hall–Kier alpha value is -2.55. The van der Waals surface area contributed by atoms with E-state index in [4.69, 9.17) is 9.47 Å². The van der Waals surface area contributed by atoms with Crippen LogP contribution in [0, 0.1) is 0 Å². The lowest BCUT2D eigenvalue weighted by Crippen LogP contribution is -2.44. The first-order valence-corrected chi connectivity index (χ1v) is 11.9. The Labute approximate surface area is 190 Å². The van der Waals surface area contributed by atoms with Crippen molar-refractivity contribution in [3.8, 4) is 5.75 Å². The van der Waals surface area contributed by atoms with E-state index in [1.54, 1.807) is 4.90 Å². The van der Waals surface area contributed by atoms with Crippen molar-refractivity contribution in [1.29, 1.82) is 0 Å². The summed E-state index contributed by atoms with van der Waals surface area (Å²) in [4.78, 5) is 41.7. The van der Waals surface area contributed by atoms with Crippen molar-refractivity contribution in [2.24, 2.45) is 0 Å². The maximum absolute atomic E-state index is 12.9. The van der Waals surface area contributed by atoms with Crippen molar-refractivity contribution in [2.75, 3.05) is 26.3 Å². The Kier molecular flexibility index (Phi) is 6.08. The Morgan fingerprint density at radius 2 is 1.88 bits per heavy atom. The van der Waals surface area contributed by atoms with Gasteiger partial charge in [-0.2, -0.15) is 0 Å². The summed E-state index contributed by atoms with van der Waals surface area (Å²) in [5, 5.41) is 1.86. The van der Waals surface area contributed by atoms with Crippen molar-refractivity contribution >= 4 is 28.8 Å². The number of benzene rings is 1. The van der Waals surface area contributed by atoms with Gasteiger partial charge in [-0.25, -0.2) is 0 Å². The molecule has 1 amide bonds. The minimum atomic E-state index is -0.481. The van der Waals surface area contributed by atoms with Crippen LogP contribution in [0.3, 0.4) is 0 Å². The van der Waals surface area contributed by atoms with Crippen LogP contribution in [-0.2, 0) is 34.0 Å². The molecule has 0 spiro atoms. The van der Waals surface area contributed by atoms with Crippen LogP contribution >= 0.6 is 11.3 Å². The molecule has 3 aliphatic rings. The van der Waals surface area contributed by atoms with E-state index in [9.17, 15) is 14.4 Å². The fourth-order valence-electron chi connectivity index (χ4n) is 4.59. The van der Waals surface area contributed by atoms with Gasteiger partial charge < -0.3 is 14.4 Å². The fourth-order valence-corrected chi connectivity index (χ4v) is 5.54. The SMILES string of the molecule is O=C1CC[C@H](N2Cc3c(csc3COc3ccc(CN4CCOCC4)cc3)C2=O)C(=O)C1. The Balaban J connectivity index is 1.19. The van der Waals surface area contributed by atoms with E-state index < -0.39 is 6.04 Å². The number of Topliss-reactive ketones (excluding diaryl/α,β-unsaturated/α-hetero) is 2. The van der Waals surface area contributed by atoms with Crippen LogP contribution in [0.5, 0.6) is 5.75 Å². The van der Waals surface area contributed by atoms with Gasteiger partial charge in [-0.3, -0.25) is 19.3 Å². The summed E-state index contributed by atoms with van der Waals surface area (Å²) in [5.41, 5.74) is 2.86. The molecule has 0 bridgehead atoms. The molecular weight excluding hydrogens is 428 g/mol. The predicted molar refractivity (Wildman–Crippen MR) is 119 cm³/mol. The van der Waals surface area contributed by atoms with Gasteiger partial charge in [0.25, 0.3) is 5.91 Å². The average Bonchev–Trinajstić information content (AvgIpc) is 3.34. The molecule has 2 aliphatic heterocycles. The average molecular weight is 455 g/mol. The minimum Gasteiger partial charge on any atom is -0.488 e. The molecule has 7 nitrogen and oxygen atoms in total. The lowest BCUT2D eigenvalue weighted by molar-refractivity contribution is -0.133. The van der Waals surface area contributed by atoms with Gasteiger partial charge in [0.05, 0.1) is 31.2 Å². The second-order valence-electron chi connectivity index (χ2n) is 8.54. The number of carbonyl (C=O) groups is 3. The van der Waals surface area contributed by atoms with Crippen LogP contribution < -0.4 is 4.74 Å². The molecule has 168 valence electrons. The summed E-state index contributed by atoms with van der Waals surface area (Å²) in [6, 6.07) is 7.67. The third kappa shape index (κ3) is 4.35. The van der Waals surface area contributed by atoms with Crippen LogP contribution in [-0.4, -0.2) is 59.6 Å². The molecule has 0 radical (unpaired) electrons. The zero-order valence-corrected chi connectivity index (χ0v) is 18.7. The molecule has 1 saturated carbocycles. The van der Waals surface area contributed by atoms with Gasteiger partial charge in [-0.15, -0.1) is 11.3 Å². The summed E-state index contributed by atoms with van der Waals surface area (Å²) in [6.07, 6.45) is 0.739. The van der Waals surface area contributed by atoms with Crippen molar-refractivity contribution in [3.05, 3.63) is 51.2 Å². The molecule has 0 N–H and O–H groups in total. The highest BCUT2D eigenvalue weighted by Crippen LogP contribution is 2.35. The summed E-state index contributed by atoms with van der Waals surface area (Å²) in [7, 11) is 0. The van der Waals surface area contributed by atoms with Crippen LogP contribution in [0.2, 0.25) is 0 Å². The number of thiophene rings is 1. The molecule has 0 unspecified atom stereocenters. The van der Waals surface area contributed by atoms with Crippen LogP contribution in [0.15, 0.2) is 29.6 Å². The third-order valence-electron chi connectivity index (χ3n) is 6.42. The summed E-state index contributed by atoms with van der Waals surface area (Å²) in [5.74, 6) is 0.512. The smallest absolute Gasteiger partial charge is 0.255 e. The molecule has 5 rings (SSSR count). The number of hydrogen-bond donors (Lipinski definition) is 0. The number of rotatable bonds is 6. The largest absolute Gasteiger partial charge is 0.488 e. The number of ketones is 2. The number of ether oxygens (including phenoxy) is 2. The molecule has 32 heavy (non-hydrogen) atoms. The van der Waals surface area contributed by atoms with E-state index in [0.29, 0.717) is 31.6 Å². The first-order valence-electron chi connectivity index (χ1n) is 11.0. The first kappa shape index (κ1) is 21.3. The second kappa shape index (κ2) is 9.13. The highest BCUT2D eigenvalue weighted by Gasteiger charge is 2.40. The monoisotopic (exact) mass is 454 g/mol. The first-order chi connectivity index (χ1) is 15.6. The fraction of sp³-hybridized carbons (Fsp3) is 0.458.